The van der Waals surface area contributed by atoms with Gasteiger partial charge in [-0.15, -0.1) is 0 Å². The van der Waals surface area contributed by atoms with E-state index in [2.05, 4.69) is 28.2 Å². The van der Waals surface area contributed by atoms with Crippen molar-refractivity contribution >= 4 is 15.9 Å². The molecule has 0 saturated carbocycles. The van der Waals surface area contributed by atoms with Gasteiger partial charge < -0.3 is 5.32 Å². The summed E-state index contributed by atoms with van der Waals surface area (Å²) in [6.07, 6.45) is 5.61. The Balaban J connectivity index is 2.39. The fraction of sp³-hybridized carbons (Fsp3) is 0.571. The number of benzene rings is 1. The third-order valence-corrected chi connectivity index (χ3v) is 3.44. The molecular formula is C14H21BrFN. The number of hydrogen-bond donors (Lipinski definition) is 1. The summed E-state index contributed by atoms with van der Waals surface area (Å²) in [7, 11) is 2.01. The van der Waals surface area contributed by atoms with Crippen molar-refractivity contribution in [3.05, 3.63) is 34.1 Å². The van der Waals surface area contributed by atoms with Crippen molar-refractivity contribution in [2.45, 2.75) is 45.1 Å². The average molecular weight is 302 g/mol. The van der Waals surface area contributed by atoms with Crippen LogP contribution in [0, 0.1) is 5.82 Å². The lowest BCUT2D eigenvalue weighted by Crippen LogP contribution is -2.24. The van der Waals surface area contributed by atoms with Crippen LogP contribution in [0.25, 0.3) is 0 Å². The molecule has 1 aromatic rings. The van der Waals surface area contributed by atoms with Crippen LogP contribution in [0.2, 0.25) is 0 Å². The first-order chi connectivity index (χ1) is 8.15. The molecule has 0 bridgehead atoms. The van der Waals surface area contributed by atoms with Gasteiger partial charge in [0, 0.05) is 10.5 Å². The topological polar surface area (TPSA) is 12.0 Å². The standard InChI is InChI=1S/C14H21BrFN/c1-3-5-14(17-2)7-4-6-11-8-12(15)10-13(16)9-11/h8-10,14,17H,3-7H2,1-2H3. The van der Waals surface area contributed by atoms with E-state index in [9.17, 15) is 4.39 Å². The van der Waals surface area contributed by atoms with Crippen molar-refractivity contribution in [2.24, 2.45) is 0 Å². The maximum atomic E-state index is 13.2. The zero-order valence-corrected chi connectivity index (χ0v) is 12.2. The molecule has 3 heteroatoms. The first-order valence-electron chi connectivity index (χ1n) is 6.28. The predicted molar refractivity (Wildman–Crippen MR) is 74.8 cm³/mol. The molecule has 0 aliphatic heterocycles. The van der Waals surface area contributed by atoms with Crippen molar-refractivity contribution in [3.8, 4) is 0 Å². The molecule has 0 amide bonds. The van der Waals surface area contributed by atoms with Crippen molar-refractivity contribution in [3.63, 3.8) is 0 Å². The fourth-order valence-electron chi connectivity index (χ4n) is 2.09. The number of halogens is 2. The summed E-state index contributed by atoms with van der Waals surface area (Å²) >= 11 is 3.32. The summed E-state index contributed by atoms with van der Waals surface area (Å²) in [5, 5.41) is 3.33. The van der Waals surface area contributed by atoms with Crippen LogP contribution in [0.15, 0.2) is 22.7 Å². The van der Waals surface area contributed by atoms with Gasteiger partial charge in [-0.25, -0.2) is 4.39 Å². The third-order valence-electron chi connectivity index (χ3n) is 2.99. The Labute approximate surface area is 112 Å². The molecule has 1 aromatic carbocycles. The molecule has 0 radical (unpaired) electrons. The Morgan fingerprint density at radius 2 is 2.06 bits per heavy atom. The number of hydrogen-bond acceptors (Lipinski definition) is 1. The molecule has 17 heavy (non-hydrogen) atoms. The summed E-state index contributed by atoms with van der Waals surface area (Å²) in [4.78, 5) is 0. The van der Waals surface area contributed by atoms with Gasteiger partial charge in [-0.2, -0.15) is 0 Å². The number of rotatable bonds is 7. The second-order valence-electron chi connectivity index (χ2n) is 4.44. The molecule has 0 aromatic heterocycles. The van der Waals surface area contributed by atoms with E-state index >= 15 is 0 Å². The van der Waals surface area contributed by atoms with E-state index in [4.69, 9.17) is 0 Å². The predicted octanol–water partition coefficient (Wildman–Crippen LogP) is 4.30. The van der Waals surface area contributed by atoms with Crippen molar-refractivity contribution < 1.29 is 4.39 Å². The lowest BCUT2D eigenvalue weighted by molar-refractivity contribution is 0.469. The van der Waals surface area contributed by atoms with Gasteiger partial charge in [0.2, 0.25) is 0 Å². The summed E-state index contributed by atoms with van der Waals surface area (Å²) < 4.78 is 14.0. The van der Waals surface area contributed by atoms with E-state index in [-0.39, 0.29) is 5.82 Å². The van der Waals surface area contributed by atoms with Crippen LogP contribution >= 0.6 is 15.9 Å². The van der Waals surface area contributed by atoms with Crippen LogP contribution in [0.1, 0.15) is 38.2 Å². The van der Waals surface area contributed by atoms with E-state index in [0.717, 1.165) is 29.3 Å². The van der Waals surface area contributed by atoms with E-state index in [0.29, 0.717) is 6.04 Å². The summed E-state index contributed by atoms with van der Waals surface area (Å²) in [6, 6.07) is 5.71. The molecule has 0 fully saturated rings. The molecule has 96 valence electrons. The minimum atomic E-state index is -0.159. The first kappa shape index (κ1) is 14.7. The first-order valence-corrected chi connectivity index (χ1v) is 7.07. The Hall–Kier alpha value is -0.410. The van der Waals surface area contributed by atoms with Crippen LogP contribution in [-0.4, -0.2) is 13.1 Å². The molecule has 1 N–H and O–H groups in total. The van der Waals surface area contributed by atoms with Crippen molar-refractivity contribution in [1.29, 1.82) is 0 Å². The lowest BCUT2D eigenvalue weighted by Gasteiger charge is -2.14. The molecule has 1 unspecified atom stereocenters. The van der Waals surface area contributed by atoms with Crippen molar-refractivity contribution in [1.82, 2.24) is 5.32 Å². The summed E-state index contributed by atoms with van der Waals surface area (Å²) in [5.41, 5.74) is 1.07. The largest absolute Gasteiger partial charge is 0.317 e. The van der Waals surface area contributed by atoms with Gasteiger partial charge in [-0.3, -0.25) is 0 Å². The van der Waals surface area contributed by atoms with Gasteiger partial charge in [-0.05, 0) is 56.5 Å². The molecule has 0 saturated heterocycles. The minimum absolute atomic E-state index is 0.159. The quantitative estimate of drug-likeness (QED) is 0.792. The highest BCUT2D eigenvalue weighted by Crippen LogP contribution is 2.17. The molecule has 0 spiro atoms. The zero-order chi connectivity index (χ0) is 12.7. The lowest BCUT2D eigenvalue weighted by atomic mass is 10.0. The molecule has 1 rings (SSSR count). The third kappa shape index (κ3) is 5.64. The summed E-state index contributed by atoms with van der Waals surface area (Å²) in [6.45, 7) is 2.20. The molecule has 0 aliphatic carbocycles. The number of nitrogens with one attached hydrogen (secondary N) is 1. The molecule has 0 heterocycles. The van der Waals surface area contributed by atoms with Crippen molar-refractivity contribution in [2.75, 3.05) is 7.05 Å². The molecule has 1 atom stereocenters. The second-order valence-corrected chi connectivity index (χ2v) is 5.36. The average Bonchev–Trinajstić information content (AvgIpc) is 2.26. The van der Waals surface area contributed by atoms with Gasteiger partial charge in [0.05, 0.1) is 0 Å². The van der Waals surface area contributed by atoms with Gasteiger partial charge in [-0.1, -0.05) is 29.3 Å². The van der Waals surface area contributed by atoms with E-state index < -0.39 is 0 Å². The van der Waals surface area contributed by atoms with Crippen LogP contribution < -0.4 is 5.32 Å². The van der Waals surface area contributed by atoms with Gasteiger partial charge >= 0.3 is 0 Å². The zero-order valence-electron chi connectivity index (χ0n) is 10.6. The highest BCUT2D eigenvalue weighted by molar-refractivity contribution is 9.10. The van der Waals surface area contributed by atoms with Crippen LogP contribution in [-0.2, 0) is 6.42 Å². The van der Waals surface area contributed by atoms with E-state index in [1.807, 2.05) is 13.1 Å². The summed E-state index contributed by atoms with van der Waals surface area (Å²) in [5.74, 6) is -0.159. The molecule has 0 aliphatic rings. The maximum Gasteiger partial charge on any atom is 0.124 e. The Kier molecular flexibility index (Phi) is 6.75. The molecule has 1 nitrogen and oxygen atoms in total. The van der Waals surface area contributed by atoms with Crippen LogP contribution in [0.3, 0.4) is 0 Å². The Morgan fingerprint density at radius 1 is 1.29 bits per heavy atom. The highest BCUT2D eigenvalue weighted by atomic mass is 79.9. The normalized spacial score (nSPS) is 12.7. The highest BCUT2D eigenvalue weighted by Gasteiger charge is 2.05. The smallest absolute Gasteiger partial charge is 0.124 e. The Bertz CT molecular complexity index is 321. The second kappa shape index (κ2) is 7.83. The van der Waals surface area contributed by atoms with E-state index in [1.54, 1.807) is 6.07 Å². The fourth-order valence-corrected chi connectivity index (χ4v) is 2.60. The van der Waals surface area contributed by atoms with Crippen LogP contribution in [0.5, 0.6) is 0 Å². The monoisotopic (exact) mass is 301 g/mol. The van der Waals surface area contributed by atoms with Gasteiger partial charge in [0.25, 0.3) is 0 Å². The van der Waals surface area contributed by atoms with Gasteiger partial charge in [0.1, 0.15) is 5.82 Å². The van der Waals surface area contributed by atoms with Gasteiger partial charge in [0.15, 0.2) is 0 Å². The number of aryl methyl sites for hydroxylation is 1. The molecular weight excluding hydrogens is 281 g/mol. The SMILES string of the molecule is CCCC(CCCc1cc(F)cc(Br)c1)NC. The van der Waals surface area contributed by atoms with E-state index in [1.165, 1.54) is 18.9 Å². The van der Waals surface area contributed by atoms with Crippen LogP contribution in [0.4, 0.5) is 4.39 Å². The maximum absolute atomic E-state index is 13.2. The Morgan fingerprint density at radius 3 is 2.65 bits per heavy atom. The minimum Gasteiger partial charge on any atom is -0.317 e.